The van der Waals surface area contributed by atoms with Crippen molar-refractivity contribution in [2.75, 3.05) is 26.3 Å². The van der Waals surface area contributed by atoms with Gasteiger partial charge in [0.2, 0.25) is 10.0 Å². The van der Waals surface area contributed by atoms with Gasteiger partial charge in [0.15, 0.2) is 5.78 Å². The number of carbonyl (C=O) groups is 1. The number of morpholine rings is 1. The van der Waals surface area contributed by atoms with E-state index in [0.717, 1.165) is 5.56 Å². The van der Waals surface area contributed by atoms with E-state index in [9.17, 15) is 13.2 Å². The van der Waals surface area contributed by atoms with Crippen LogP contribution in [0.2, 0.25) is 0 Å². The first-order chi connectivity index (χ1) is 13.7. The SMILES string of the molecule is CC(C)(C)c1ccc(C=CC(=O)c2ccc(S(=O)(=O)N3CCOCC3)cc2)cc1. The Bertz CT molecular complexity index is 979. The summed E-state index contributed by atoms with van der Waals surface area (Å²) >= 11 is 0. The summed E-state index contributed by atoms with van der Waals surface area (Å²) in [5, 5.41) is 0. The first-order valence-corrected chi connectivity index (χ1v) is 11.1. The van der Waals surface area contributed by atoms with E-state index >= 15 is 0 Å². The molecule has 1 heterocycles. The number of ether oxygens (including phenoxy) is 1. The molecule has 0 atom stereocenters. The summed E-state index contributed by atoms with van der Waals surface area (Å²) in [6.07, 6.45) is 3.28. The smallest absolute Gasteiger partial charge is 0.243 e. The van der Waals surface area contributed by atoms with Crippen LogP contribution in [0.3, 0.4) is 0 Å². The molecule has 0 unspecified atom stereocenters. The molecule has 0 saturated carbocycles. The Hall–Kier alpha value is -2.28. The first-order valence-electron chi connectivity index (χ1n) is 9.69. The average Bonchev–Trinajstić information content (AvgIpc) is 2.72. The molecule has 0 aliphatic carbocycles. The second-order valence-corrected chi connectivity index (χ2v) is 10.0. The van der Waals surface area contributed by atoms with E-state index < -0.39 is 10.0 Å². The molecule has 2 aromatic rings. The van der Waals surface area contributed by atoms with Gasteiger partial charge in [-0.1, -0.05) is 51.1 Å². The van der Waals surface area contributed by atoms with E-state index in [1.54, 1.807) is 18.2 Å². The predicted octanol–water partition coefficient (Wildman–Crippen LogP) is 3.90. The molecule has 0 spiro atoms. The number of sulfonamides is 1. The van der Waals surface area contributed by atoms with Crippen LogP contribution in [-0.4, -0.2) is 44.8 Å². The van der Waals surface area contributed by atoms with Gasteiger partial charge < -0.3 is 4.74 Å². The quantitative estimate of drug-likeness (QED) is 0.551. The number of hydrogen-bond acceptors (Lipinski definition) is 4. The summed E-state index contributed by atoms with van der Waals surface area (Å²) < 4.78 is 31.9. The minimum Gasteiger partial charge on any atom is -0.379 e. The highest BCUT2D eigenvalue weighted by molar-refractivity contribution is 7.89. The highest BCUT2D eigenvalue weighted by Crippen LogP contribution is 2.23. The first kappa shape index (κ1) is 21.4. The molecule has 5 nitrogen and oxygen atoms in total. The van der Waals surface area contributed by atoms with Crippen molar-refractivity contribution in [3.63, 3.8) is 0 Å². The Morgan fingerprint density at radius 1 is 0.966 bits per heavy atom. The fraction of sp³-hybridized carbons (Fsp3) is 0.348. The average molecular weight is 414 g/mol. The van der Waals surface area contributed by atoms with Crippen LogP contribution < -0.4 is 0 Å². The standard InChI is InChI=1S/C23H27NO4S/c1-23(2,3)20-9-4-18(5-10-20)6-13-22(25)19-7-11-21(12-8-19)29(26,27)24-14-16-28-17-15-24/h4-13H,14-17H2,1-3H3. The van der Waals surface area contributed by atoms with Crippen molar-refractivity contribution >= 4 is 21.9 Å². The number of benzene rings is 2. The van der Waals surface area contributed by atoms with E-state index in [1.807, 2.05) is 12.1 Å². The Morgan fingerprint density at radius 2 is 1.55 bits per heavy atom. The van der Waals surface area contributed by atoms with Crippen LogP contribution in [0.25, 0.3) is 6.08 Å². The van der Waals surface area contributed by atoms with Crippen molar-refractivity contribution < 1.29 is 17.9 Å². The zero-order valence-corrected chi connectivity index (χ0v) is 17.9. The fourth-order valence-electron chi connectivity index (χ4n) is 3.09. The van der Waals surface area contributed by atoms with Crippen LogP contribution in [-0.2, 0) is 20.2 Å². The number of ketones is 1. The molecule has 1 aliphatic rings. The van der Waals surface area contributed by atoms with Gasteiger partial charge in [0.1, 0.15) is 0 Å². The summed E-state index contributed by atoms with van der Waals surface area (Å²) in [7, 11) is -3.55. The van der Waals surface area contributed by atoms with Crippen molar-refractivity contribution in [2.24, 2.45) is 0 Å². The fourth-order valence-corrected chi connectivity index (χ4v) is 4.50. The molecule has 3 rings (SSSR count). The third kappa shape index (κ3) is 5.21. The topological polar surface area (TPSA) is 63.7 Å². The molecule has 1 aliphatic heterocycles. The second-order valence-electron chi connectivity index (χ2n) is 8.11. The molecule has 1 saturated heterocycles. The largest absolute Gasteiger partial charge is 0.379 e. The Kier molecular flexibility index (Phi) is 6.36. The Balaban J connectivity index is 1.69. The number of nitrogens with zero attached hydrogens (tertiary/aromatic N) is 1. The molecule has 0 aromatic heterocycles. The van der Waals surface area contributed by atoms with Gasteiger partial charge in [-0.25, -0.2) is 8.42 Å². The Labute approximate surface area is 173 Å². The summed E-state index contributed by atoms with van der Waals surface area (Å²) in [6.45, 7) is 7.97. The van der Waals surface area contributed by atoms with Gasteiger partial charge in [-0.2, -0.15) is 4.31 Å². The van der Waals surface area contributed by atoms with Crippen LogP contribution in [0.15, 0.2) is 59.5 Å². The van der Waals surface area contributed by atoms with Crippen molar-refractivity contribution in [3.8, 4) is 0 Å². The minimum absolute atomic E-state index is 0.0847. The van der Waals surface area contributed by atoms with E-state index in [0.29, 0.717) is 31.9 Å². The van der Waals surface area contributed by atoms with Crippen molar-refractivity contribution in [1.82, 2.24) is 4.31 Å². The maximum atomic E-state index is 12.6. The minimum atomic E-state index is -3.55. The van der Waals surface area contributed by atoms with Gasteiger partial charge >= 0.3 is 0 Å². The van der Waals surface area contributed by atoms with Gasteiger partial charge in [0.25, 0.3) is 0 Å². The lowest BCUT2D eigenvalue weighted by Gasteiger charge is -2.26. The molecule has 6 heteroatoms. The van der Waals surface area contributed by atoms with Crippen molar-refractivity contribution in [1.29, 1.82) is 0 Å². The van der Waals surface area contributed by atoms with Gasteiger partial charge in [0, 0.05) is 18.7 Å². The number of rotatable bonds is 5. The normalized spacial score (nSPS) is 16.2. The van der Waals surface area contributed by atoms with E-state index in [1.165, 1.54) is 28.1 Å². The monoisotopic (exact) mass is 413 g/mol. The zero-order valence-electron chi connectivity index (χ0n) is 17.1. The summed E-state index contributed by atoms with van der Waals surface area (Å²) in [6, 6.07) is 14.2. The van der Waals surface area contributed by atoms with Gasteiger partial charge in [-0.3, -0.25) is 4.79 Å². The van der Waals surface area contributed by atoms with Crippen molar-refractivity contribution in [3.05, 3.63) is 71.3 Å². The van der Waals surface area contributed by atoms with Crippen LogP contribution in [0.4, 0.5) is 0 Å². The van der Waals surface area contributed by atoms with Crippen LogP contribution in [0.5, 0.6) is 0 Å². The lowest BCUT2D eigenvalue weighted by molar-refractivity contribution is 0.0730. The lowest BCUT2D eigenvalue weighted by atomic mass is 9.87. The maximum Gasteiger partial charge on any atom is 0.243 e. The van der Waals surface area contributed by atoms with Crippen molar-refractivity contribution in [2.45, 2.75) is 31.1 Å². The number of carbonyl (C=O) groups excluding carboxylic acids is 1. The van der Waals surface area contributed by atoms with E-state index in [2.05, 4.69) is 32.9 Å². The molecule has 2 aromatic carbocycles. The maximum absolute atomic E-state index is 12.6. The number of allylic oxidation sites excluding steroid dienone is 1. The molecule has 0 amide bonds. The van der Waals surface area contributed by atoms with Gasteiger partial charge in [-0.15, -0.1) is 0 Å². The molecule has 29 heavy (non-hydrogen) atoms. The summed E-state index contributed by atoms with van der Waals surface area (Å²) in [5.74, 6) is -0.166. The predicted molar refractivity (Wildman–Crippen MR) is 115 cm³/mol. The highest BCUT2D eigenvalue weighted by atomic mass is 32.2. The third-order valence-corrected chi connectivity index (χ3v) is 6.86. The van der Waals surface area contributed by atoms with Crippen LogP contribution in [0, 0.1) is 0 Å². The molecular weight excluding hydrogens is 386 g/mol. The molecule has 0 N–H and O–H groups in total. The van der Waals surface area contributed by atoms with Gasteiger partial charge in [-0.05, 0) is 46.9 Å². The third-order valence-electron chi connectivity index (χ3n) is 4.95. The van der Waals surface area contributed by atoms with Gasteiger partial charge in [0.05, 0.1) is 18.1 Å². The molecule has 154 valence electrons. The summed E-state index contributed by atoms with van der Waals surface area (Å²) in [4.78, 5) is 12.6. The molecule has 1 fully saturated rings. The number of hydrogen-bond donors (Lipinski definition) is 0. The lowest BCUT2D eigenvalue weighted by Crippen LogP contribution is -2.40. The summed E-state index contributed by atoms with van der Waals surface area (Å²) in [5.41, 5.74) is 2.71. The van der Waals surface area contributed by atoms with E-state index in [4.69, 9.17) is 4.74 Å². The molecule has 0 bridgehead atoms. The molecular formula is C23H27NO4S. The van der Waals surface area contributed by atoms with Crippen LogP contribution >= 0.6 is 0 Å². The van der Waals surface area contributed by atoms with Crippen LogP contribution in [0.1, 0.15) is 42.3 Å². The zero-order chi connectivity index (χ0) is 21.1. The second kappa shape index (κ2) is 8.61. The van der Waals surface area contributed by atoms with E-state index in [-0.39, 0.29) is 16.1 Å². The molecule has 0 radical (unpaired) electrons. The Morgan fingerprint density at radius 3 is 2.10 bits per heavy atom. The highest BCUT2D eigenvalue weighted by Gasteiger charge is 2.26.